The van der Waals surface area contributed by atoms with E-state index < -0.39 is 23.1 Å². The first kappa shape index (κ1) is 24.3. The van der Waals surface area contributed by atoms with Gasteiger partial charge in [0.25, 0.3) is 0 Å². The number of ether oxygens (including phenoxy) is 2. The number of hydrogen-bond acceptors (Lipinski definition) is 6. The average Bonchev–Trinajstić information content (AvgIpc) is 2.98. The van der Waals surface area contributed by atoms with E-state index in [9.17, 15) is 9.59 Å². The first-order chi connectivity index (χ1) is 15.6. The van der Waals surface area contributed by atoms with E-state index in [1.54, 1.807) is 38.1 Å². The van der Waals surface area contributed by atoms with Gasteiger partial charge in [-0.25, -0.2) is 19.0 Å². The van der Waals surface area contributed by atoms with E-state index in [2.05, 4.69) is 4.98 Å². The molecule has 0 atom stereocenters. The van der Waals surface area contributed by atoms with Gasteiger partial charge in [0.15, 0.2) is 11.6 Å². The Labute approximate surface area is 200 Å². The second-order valence-corrected chi connectivity index (χ2v) is 11.9. The van der Waals surface area contributed by atoms with Crippen LogP contribution >= 0.6 is 0 Å². The number of likely N-dealkylation sites (tertiary alicyclic amines) is 1. The molecule has 1 amide bonds. The fourth-order valence-corrected chi connectivity index (χ4v) is 4.65. The molecule has 0 bridgehead atoms. The van der Waals surface area contributed by atoms with Gasteiger partial charge in [0.05, 0.1) is 11.7 Å². The van der Waals surface area contributed by atoms with E-state index in [0.717, 1.165) is 5.56 Å². The molecule has 2 aliphatic heterocycles. The number of nitrogens with zero attached hydrogens (tertiary/aromatic N) is 4. The highest BCUT2D eigenvalue weighted by Crippen LogP contribution is 2.44. The van der Waals surface area contributed by atoms with Gasteiger partial charge >= 0.3 is 12.2 Å². The molecule has 2 fully saturated rings. The predicted octanol–water partition coefficient (Wildman–Crippen LogP) is 5.14. The van der Waals surface area contributed by atoms with Gasteiger partial charge in [-0.3, -0.25) is 4.57 Å². The number of rotatable bonds is 2. The predicted molar refractivity (Wildman–Crippen MR) is 128 cm³/mol. The molecule has 0 aliphatic carbocycles. The summed E-state index contributed by atoms with van der Waals surface area (Å²) in [5.74, 6) is -0.146. The Morgan fingerprint density at radius 3 is 2.09 bits per heavy atom. The lowest BCUT2D eigenvalue weighted by Gasteiger charge is -2.60. The van der Waals surface area contributed by atoms with Gasteiger partial charge in [-0.15, -0.1) is 0 Å². The Morgan fingerprint density at radius 1 is 1.00 bits per heavy atom. The summed E-state index contributed by atoms with van der Waals surface area (Å²) in [5.41, 5.74) is -0.119. The standard InChI is InChI=1S/C25H35FN4O4/c1-15(2)16-10-30(22(32)34-24(6,7)8)17-9-27-20(19(26)18(16)17)28-11-25(12-28)13-29(14-25)21(31)33-23(3,4)5/h9-10,15H,11-14H2,1-8H3. The smallest absolute Gasteiger partial charge is 0.419 e. The third-order valence-corrected chi connectivity index (χ3v) is 6.07. The van der Waals surface area contributed by atoms with Gasteiger partial charge in [0, 0.05) is 43.2 Å². The number of amides is 1. The SMILES string of the molecule is CC(C)c1cn(C(=O)OC(C)(C)C)c2cnc(N3CC4(CN(C(=O)OC(C)(C)C)C4)C3)c(F)c12. The van der Waals surface area contributed by atoms with Crippen molar-refractivity contribution in [2.24, 2.45) is 5.41 Å². The van der Waals surface area contributed by atoms with E-state index in [0.29, 0.717) is 37.1 Å². The van der Waals surface area contributed by atoms with Crippen molar-refractivity contribution in [3.63, 3.8) is 0 Å². The summed E-state index contributed by atoms with van der Waals surface area (Å²) in [6.07, 6.45) is 2.33. The number of pyridine rings is 1. The van der Waals surface area contributed by atoms with Crippen LogP contribution in [-0.2, 0) is 9.47 Å². The highest BCUT2D eigenvalue weighted by Gasteiger charge is 2.54. The minimum absolute atomic E-state index is 0.00712. The zero-order valence-corrected chi connectivity index (χ0v) is 21.4. The minimum atomic E-state index is -0.667. The highest BCUT2D eigenvalue weighted by molar-refractivity contribution is 5.94. The highest BCUT2D eigenvalue weighted by atomic mass is 19.1. The molecule has 0 N–H and O–H groups in total. The van der Waals surface area contributed by atoms with Gasteiger partial charge in [-0.1, -0.05) is 13.8 Å². The lowest BCUT2D eigenvalue weighted by molar-refractivity contribution is -0.0456. The van der Waals surface area contributed by atoms with Crippen LogP contribution in [0.25, 0.3) is 10.9 Å². The van der Waals surface area contributed by atoms with Crippen LogP contribution in [0.3, 0.4) is 0 Å². The number of halogens is 1. The van der Waals surface area contributed by atoms with E-state index >= 15 is 4.39 Å². The van der Waals surface area contributed by atoms with Crippen molar-refractivity contribution in [2.45, 2.75) is 72.5 Å². The number of carbonyl (C=O) groups is 2. The second-order valence-electron chi connectivity index (χ2n) is 11.9. The summed E-state index contributed by atoms with van der Waals surface area (Å²) in [4.78, 5) is 33.0. The first-order valence-corrected chi connectivity index (χ1v) is 11.7. The Hall–Kier alpha value is -2.84. The molecule has 0 saturated carbocycles. The van der Waals surface area contributed by atoms with E-state index in [1.165, 1.54) is 4.57 Å². The molecule has 0 unspecified atom stereocenters. The molecule has 186 valence electrons. The zero-order valence-electron chi connectivity index (χ0n) is 21.4. The van der Waals surface area contributed by atoms with Crippen LogP contribution in [0.15, 0.2) is 12.4 Å². The first-order valence-electron chi connectivity index (χ1n) is 11.7. The fraction of sp³-hybridized carbons (Fsp3) is 0.640. The number of carbonyl (C=O) groups excluding carboxylic acids is 2. The van der Waals surface area contributed by atoms with Crippen LogP contribution in [0.1, 0.15) is 66.9 Å². The molecule has 0 aromatic carbocycles. The monoisotopic (exact) mass is 474 g/mol. The molecule has 0 radical (unpaired) electrons. The maximum Gasteiger partial charge on any atom is 0.419 e. The molecule has 4 heterocycles. The van der Waals surface area contributed by atoms with Crippen LogP contribution in [0.4, 0.5) is 19.8 Å². The van der Waals surface area contributed by atoms with Crippen LogP contribution < -0.4 is 4.90 Å². The molecule has 1 spiro atoms. The maximum atomic E-state index is 15.8. The normalized spacial score (nSPS) is 17.7. The minimum Gasteiger partial charge on any atom is -0.444 e. The zero-order chi connectivity index (χ0) is 25.2. The third kappa shape index (κ3) is 4.44. The van der Waals surface area contributed by atoms with Crippen molar-refractivity contribution in [1.82, 2.24) is 14.5 Å². The summed E-state index contributed by atoms with van der Waals surface area (Å²) in [5, 5.41) is 0.399. The van der Waals surface area contributed by atoms with E-state index in [1.807, 2.05) is 39.5 Å². The number of fused-ring (bicyclic) bond motifs is 1. The molecule has 4 rings (SSSR count). The van der Waals surface area contributed by atoms with Crippen LogP contribution in [-0.4, -0.2) is 64.0 Å². The number of hydrogen-bond donors (Lipinski definition) is 0. The van der Waals surface area contributed by atoms with Crippen LogP contribution in [0.5, 0.6) is 0 Å². The van der Waals surface area contributed by atoms with Crippen molar-refractivity contribution < 1.29 is 23.5 Å². The summed E-state index contributed by atoms with van der Waals surface area (Å²) in [7, 11) is 0. The van der Waals surface area contributed by atoms with Crippen molar-refractivity contribution >= 4 is 28.9 Å². The molecule has 8 nitrogen and oxygen atoms in total. The van der Waals surface area contributed by atoms with Crippen LogP contribution in [0.2, 0.25) is 0 Å². The fourth-order valence-electron chi connectivity index (χ4n) is 4.65. The van der Waals surface area contributed by atoms with Crippen molar-refractivity contribution in [3.05, 3.63) is 23.8 Å². The summed E-state index contributed by atoms with van der Waals surface area (Å²) >= 11 is 0. The van der Waals surface area contributed by atoms with Gasteiger partial charge in [-0.2, -0.15) is 0 Å². The molecule has 9 heteroatoms. The summed E-state index contributed by atoms with van der Waals surface area (Å²) in [6, 6.07) is 0. The maximum absolute atomic E-state index is 15.8. The van der Waals surface area contributed by atoms with E-state index in [4.69, 9.17) is 9.47 Å². The van der Waals surface area contributed by atoms with Crippen molar-refractivity contribution in [3.8, 4) is 0 Å². The van der Waals surface area contributed by atoms with Gasteiger partial charge < -0.3 is 19.3 Å². The van der Waals surface area contributed by atoms with Crippen LogP contribution in [0, 0.1) is 11.2 Å². The largest absolute Gasteiger partial charge is 0.444 e. The van der Waals surface area contributed by atoms with Gasteiger partial charge in [0.2, 0.25) is 0 Å². The Kier molecular flexibility index (Phi) is 5.61. The molecular formula is C25H35FN4O4. The number of anilines is 1. The lowest BCUT2D eigenvalue weighted by Crippen LogP contribution is -2.73. The summed E-state index contributed by atoms with van der Waals surface area (Å²) in [6.45, 7) is 17.3. The quantitative estimate of drug-likeness (QED) is 0.600. The van der Waals surface area contributed by atoms with Crippen molar-refractivity contribution in [2.75, 3.05) is 31.1 Å². The molecule has 34 heavy (non-hydrogen) atoms. The Balaban J connectivity index is 1.54. The second kappa shape index (κ2) is 7.85. The van der Waals surface area contributed by atoms with Gasteiger partial charge in [-0.05, 0) is 53.0 Å². The molecule has 2 saturated heterocycles. The molecule has 2 aromatic rings. The Bertz CT molecular complexity index is 1130. The third-order valence-electron chi connectivity index (χ3n) is 6.07. The van der Waals surface area contributed by atoms with Crippen molar-refractivity contribution in [1.29, 1.82) is 0 Å². The summed E-state index contributed by atoms with van der Waals surface area (Å²) < 4.78 is 28.1. The average molecular weight is 475 g/mol. The van der Waals surface area contributed by atoms with Gasteiger partial charge in [0.1, 0.15) is 11.2 Å². The Morgan fingerprint density at radius 2 is 1.56 bits per heavy atom. The van der Waals surface area contributed by atoms with E-state index in [-0.39, 0.29) is 23.2 Å². The lowest BCUT2D eigenvalue weighted by atomic mass is 9.73. The molecule has 2 aromatic heterocycles. The molecular weight excluding hydrogens is 439 g/mol. The topological polar surface area (TPSA) is 76.9 Å². The number of aromatic nitrogens is 2. The molecule has 2 aliphatic rings.